The summed E-state index contributed by atoms with van der Waals surface area (Å²) in [6, 6.07) is 18.7. The number of nitrogens with zero attached hydrogens (tertiary/aromatic N) is 1. The van der Waals surface area contributed by atoms with E-state index in [-0.39, 0.29) is 0 Å². The molecule has 3 rings (SSSR count). The van der Waals surface area contributed by atoms with Crippen LogP contribution in [0.5, 0.6) is 0 Å². The quantitative estimate of drug-likeness (QED) is 0.900. The summed E-state index contributed by atoms with van der Waals surface area (Å²) in [6.45, 7) is 3.87. The molecule has 20 heavy (non-hydrogen) atoms. The molecule has 2 aromatic carbocycles. The highest BCUT2D eigenvalue weighted by atomic mass is 16.3. The van der Waals surface area contributed by atoms with Gasteiger partial charge in [0.1, 0.15) is 0 Å². The van der Waals surface area contributed by atoms with E-state index in [2.05, 4.69) is 60.4 Å². The number of hydrogen-bond acceptors (Lipinski definition) is 2. The number of aliphatic hydroxyl groups is 1. The Morgan fingerprint density at radius 2 is 1.50 bits per heavy atom. The summed E-state index contributed by atoms with van der Waals surface area (Å²) in [6.07, 6.45) is 1.57. The number of benzene rings is 2. The summed E-state index contributed by atoms with van der Waals surface area (Å²) in [4.78, 5) is 2.35. The lowest BCUT2D eigenvalue weighted by Gasteiger charge is -2.39. The zero-order valence-corrected chi connectivity index (χ0v) is 11.9. The molecule has 1 aliphatic rings. The van der Waals surface area contributed by atoms with Gasteiger partial charge < -0.3 is 10.0 Å². The molecule has 0 atom stereocenters. The van der Waals surface area contributed by atoms with E-state index < -0.39 is 5.60 Å². The first-order valence-electron chi connectivity index (χ1n) is 7.27. The lowest BCUT2D eigenvalue weighted by atomic mass is 9.84. The third-order valence-corrected chi connectivity index (χ3v) is 4.30. The highest BCUT2D eigenvalue weighted by molar-refractivity contribution is 5.46. The Morgan fingerprint density at radius 1 is 0.900 bits per heavy atom. The van der Waals surface area contributed by atoms with Gasteiger partial charge in [-0.1, -0.05) is 48.0 Å². The zero-order chi connectivity index (χ0) is 14.0. The van der Waals surface area contributed by atoms with Crippen LogP contribution >= 0.6 is 0 Å². The van der Waals surface area contributed by atoms with Gasteiger partial charge in [0.2, 0.25) is 0 Å². The normalized spacial score (nSPS) is 18.0. The Kier molecular flexibility index (Phi) is 3.49. The van der Waals surface area contributed by atoms with Crippen LogP contribution in [0.15, 0.2) is 54.6 Å². The van der Waals surface area contributed by atoms with E-state index in [1.165, 1.54) is 11.3 Å². The van der Waals surface area contributed by atoms with Gasteiger partial charge in [0.05, 0.1) is 5.60 Å². The number of hydrogen-bond donors (Lipinski definition) is 1. The SMILES string of the molecule is Cc1ccc(C2(O)CCN(c3ccccc3)CC2)cc1. The van der Waals surface area contributed by atoms with E-state index >= 15 is 0 Å². The number of anilines is 1. The molecule has 0 saturated carbocycles. The summed E-state index contributed by atoms with van der Waals surface area (Å²) in [5.74, 6) is 0. The van der Waals surface area contributed by atoms with Gasteiger partial charge in [0.15, 0.2) is 0 Å². The van der Waals surface area contributed by atoms with Crippen LogP contribution in [-0.2, 0) is 5.60 Å². The fourth-order valence-corrected chi connectivity index (χ4v) is 2.93. The lowest BCUT2D eigenvalue weighted by molar-refractivity contribution is 0.0118. The Balaban J connectivity index is 1.73. The predicted molar refractivity (Wildman–Crippen MR) is 83.0 cm³/mol. The maximum atomic E-state index is 10.9. The molecule has 1 aliphatic heterocycles. The monoisotopic (exact) mass is 267 g/mol. The fraction of sp³-hybridized carbons (Fsp3) is 0.333. The first-order chi connectivity index (χ1) is 9.67. The summed E-state index contributed by atoms with van der Waals surface area (Å²) >= 11 is 0. The van der Waals surface area contributed by atoms with E-state index in [4.69, 9.17) is 0 Å². The molecule has 0 radical (unpaired) electrons. The second-order valence-corrected chi connectivity index (χ2v) is 5.72. The molecule has 0 bridgehead atoms. The third-order valence-electron chi connectivity index (χ3n) is 4.30. The molecule has 104 valence electrons. The molecular weight excluding hydrogens is 246 g/mol. The Hall–Kier alpha value is -1.80. The minimum atomic E-state index is -0.668. The van der Waals surface area contributed by atoms with Crippen molar-refractivity contribution in [3.63, 3.8) is 0 Å². The molecule has 0 spiro atoms. The third kappa shape index (κ3) is 2.56. The van der Waals surface area contributed by atoms with E-state index in [9.17, 15) is 5.11 Å². The van der Waals surface area contributed by atoms with E-state index in [0.717, 1.165) is 31.5 Å². The highest BCUT2D eigenvalue weighted by Crippen LogP contribution is 2.34. The first kappa shape index (κ1) is 13.2. The molecule has 0 unspecified atom stereocenters. The van der Waals surface area contributed by atoms with E-state index in [0.29, 0.717) is 0 Å². The van der Waals surface area contributed by atoms with Crippen molar-refractivity contribution in [1.29, 1.82) is 0 Å². The molecule has 1 N–H and O–H groups in total. The predicted octanol–water partition coefficient (Wildman–Crippen LogP) is 3.48. The van der Waals surface area contributed by atoms with Crippen LogP contribution in [0.1, 0.15) is 24.0 Å². The van der Waals surface area contributed by atoms with Crippen LogP contribution in [0.4, 0.5) is 5.69 Å². The molecule has 0 aliphatic carbocycles. The zero-order valence-electron chi connectivity index (χ0n) is 11.9. The summed E-state index contributed by atoms with van der Waals surface area (Å²) in [5.41, 5.74) is 2.87. The second-order valence-electron chi connectivity index (χ2n) is 5.72. The lowest BCUT2D eigenvalue weighted by Crippen LogP contribution is -2.42. The van der Waals surface area contributed by atoms with Gasteiger partial charge in [-0.15, -0.1) is 0 Å². The van der Waals surface area contributed by atoms with Crippen molar-refractivity contribution in [3.05, 3.63) is 65.7 Å². The molecule has 1 saturated heterocycles. The van der Waals surface area contributed by atoms with Crippen molar-refractivity contribution in [2.24, 2.45) is 0 Å². The van der Waals surface area contributed by atoms with Gasteiger partial charge in [-0.25, -0.2) is 0 Å². The van der Waals surface area contributed by atoms with E-state index in [1.807, 2.05) is 6.07 Å². The van der Waals surface area contributed by atoms with Crippen molar-refractivity contribution >= 4 is 5.69 Å². The molecule has 0 aromatic heterocycles. The Bertz CT molecular complexity index is 554. The maximum Gasteiger partial charge on any atom is 0.0930 e. The summed E-state index contributed by atoms with van der Waals surface area (Å²) in [7, 11) is 0. The summed E-state index contributed by atoms with van der Waals surface area (Å²) < 4.78 is 0. The van der Waals surface area contributed by atoms with Crippen LogP contribution in [-0.4, -0.2) is 18.2 Å². The van der Waals surface area contributed by atoms with Crippen LogP contribution in [0.2, 0.25) is 0 Å². The molecular formula is C18H21NO. The fourth-order valence-electron chi connectivity index (χ4n) is 2.93. The van der Waals surface area contributed by atoms with Gasteiger partial charge in [-0.2, -0.15) is 0 Å². The number of piperidine rings is 1. The Morgan fingerprint density at radius 3 is 2.10 bits per heavy atom. The second kappa shape index (κ2) is 5.29. The average Bonchev–Trinajstić information content (AvgIpc) is 2.49. The smallest absolute Gasteiger partial charge is 0.0930 e. The van der Waals surface area contributed by atoms with Gasteiger partial charge in [0.25, 0.3) is 0 Å². The van der Waals surface area contributed by atoms with Crippen molar-refractivity contribution in [3.8, 4) is 0 Å². The highest BCUT2D eigenvalue weighted by Gasteiger charge is 2.33. The minimum Gasteiger partial charge on any atom is -0.385 e. The van der Waals surface area contributed by atoms with Crippen LogP contribution in [0.3, 0.4) is 0 Å². The average molecular weight is 267 g/mol. The van der Waals surface area contributed by atoms with Crippen molar-refractivity contribution in [2.75, 3.05) is 18.0 Å². The van der Waals surface area contributed by atoms with E-state index in [1.54, 1.807) is 0 Å². The summed E-state index contributed by atoms with van der Waals surface area (Å²) in [5, 5.41) is 10.9. The molecule has 2 aromatic rings. The standard InChI is InChI=1S/C18H21NO/c1-15-7-9-16(10-8-15)18(20)11-13-19(14-12-18)17-5-3-2-4-6-17/h2-10,20H,11-14H2,1H3. The minimum absolute atomic E-state index is 0.668. The van der Waals surface area contributed by atoms with Crippen molar-refractivity contribution in [2.45, 2.75) is 25.4 Å². The molecule has 2 heteroatoms. The van der Waals surface area contributed by atoms with Crippen LogP contribution < -0.4 is 4.90 Å². The molecule has 0 amide bonds. The molecule has 2 nitrogen and oxygen atoms in total. The number of rotatable bonds is 2. The van der Waals surface area contributed by atoms with Crippen molar-refractivity contribution in [1.82, 2.24) is 0 Å². The maximum absolute atomic E-state index is 10.9. The number of aryl methyl sites for hydroxylation is 1. The van der Waals surface area contributed by atoms with Gasteiger partial charge in [-0.05, 0) is 37.5 Å². The van der Waals surface area contributed by atoms with Crippen LogP contribution in [0, 0.1) is 6.92 Å². The molecule has 1 heterocycles. The topological polar surface area (TPSA) is 23.5 Å². The van der Waals surface area contributed by atoms with Gasteiger partial charge in [-0.3, -0.25) is 0 Å². The Labute approximate surface area is 120 Å². The van der Waals surface area contributed by atoms with Crippen molar-refractivity contribution < 1.29 is 5.11 Å². The van der Waals surface area contributed by atoms with Crippen LogP contribution in [0.25, 0.3) is 0 Å². The first-order valence-corrected chi connectivity index (χ1v) is 7.27. The molecule has 1 fully saturated rings. The van der Waals surface area contributed by atoms with Gasteiger partial charge in [0, 0.05) is 18.8 Å². The number of para-hydroxylation sites is 1. The van der Waals surface area contributed by atoms with Gasteiger partial charge >= 0.3 is 0 Å². The largest absolute Gasteiger partial charge is 0.385 e.